The summed E-state index contributed by atoms with van der Waals surface area (Å²) in [5, 5.41) is 4.93. The summed E-state index contributed by atoms with van der Waals surface area (Å²) in [6.45, 7) is 0.151. The van der Waals surface area contributed by atoms with Crippen LogP contribution in [0.4, 0.5) is 5.69 Å². The number of amides is 2. The second kappa shape index (κ2) is 8.32. The second-order valence-corrected chi connectivity index (χ2v) is 8.68. The number of anilines is 1. The Labute approximate surface area is 194 Å². The predicted molar refractivity (Wildman–Crippen MR) is 123 cm³/mol. The Morgan fingerprint density at radius 2 is 1.85 bits per heavy atom. The van der Waals surface area contributed by atoms with Crippen molar-refractivity contribution in [3.63, 3.8) is 0 Å². The fraction of sp³-hybridized carbons (Fsp3) is 0.250. The normalized spacial score (nSPS) is 18.6. The van der Waals surface area contributed by atoms with E-state index >= 15 is 0 Å². The van der Waals surface area contributed by atoms with E-state index in [4.69, 9.17) is 18.9 Å². The number of nitrogens with one attached hydrogen (secondary N) is 1. The van der Waals surface area contributed by atoms with Crippen LogP contribution in [0.15, 0.2) is 47.8 Å². The Balaban J connectivity index is 1.60. The van der Waals surface area contributed by atoms with Gasteiger partial charge in [0.25, 0.3) is 5.91 Å². The van der Waals surface area contributed by atoms with Crippen molar-refractivity contribution in [3.8, 4) is 23.0 Å². The third-order valence-corrected chi connectivity index (χ3v) is 6.87. The van der Waals surface area contributed by atoms with Crippen molar-refractivity contribution in [2.45, 2.75) is 12.0 Å². The van der Waals surface area contributed by atoms with Crippen molar-refractivity contribution in [1.29, 1.82) is 0 Å². The summed E-state index contributed by atoms with van der Waals surface area (Å²) in [6, 6.07) is 12.0. The monoisotopic (exact) mass is 466 g/mol. The lowest BCUT2D eigenvalue weighted by molar-refractivity contribution is -0.119. The van der Waals surface area contributed by atoms with E-state index in [2.05, 4.69) is 5.32 Å². The van der Waals surface area contributed by atoms with E-state index in [1.165, 1.54) is 25.6 Å². The Hall–Kier alpha value is -3.72. The summed E-state index contributed by atoms with van der Waals surface area (Å²) in [5.74, 6) is 0.991. The van der Waals surface area contributed by atoms with Crippen molar-refractivity contribution in [2.75, 3.05) is 33.4 Å². The highest BCUT2D eigenvalue weighted by Crippen LogP contribution is 2.47. The summed E-state index contributed by atoms with van der Waals surface area (Å²) < 4.78 is 21.7. The third-order valence-electron chi connectivity index (χ3n) is 5.93. The molecule has 2 amide bonds. The van der Waals surface area contributed by atoms with Crippen molar-refractivity contribution < 1.29 is 28.5 Å². The van der Waals surface area contributed by atoms with Crippen LogP contribution in [0.3, 0.4) is 0 Å². The molecule has 0 spiro atoms. The Morgan fingerprint density at radius 1 is 1.09 bits per heavy atom. The molecule has 0 saturated carbocycles. The molecule has 3 aromatic rings. The maximum atomic E-state index is 13.8. The predicted octanol–water partition coefficient (Wildman–Crippen LogP) is 4.04. The van der Waals surface area contributed by atoms with Crippen LogP contribution in [0.2, 0.25) is 0 Å². The maximum absolute atomic E-state index is 13.8. The molecule has 2 aliphatic rings. The van der Waals surface area contributed by atoms with E-state index in [1.54, 1.807) is 42.3 Å². The molecule has 2 aliphatic heterocycles. The number of rotatable bonds is 5. The Bertz CT molecular complexity index is 1230. The molecule has 0 saturated heterocycles. The number of hydrogen-bond donors (Lipinski definition) is 1. The molecule has 0 aliphatic carbocycles. The van der Waals surface area contributed by atoms with Gasteiger partial charge in [0.05, 0.1) is 26.2 Å². The fourth-order valence-corrected chi connectivity index (χ4v) is 5.25. The molecule has 0 bridgehead atoms. The van der Waals surface area contributed by atoms with Gasteiger partial charge < -0.3 is 29.2 Å². The van der Waals surface area contributed by atoms with Gasteiger partial charge in [-0.25, -0.2) is 0 Å². The van der Waals surface area contributed by atoms with Crippen LogP contribution in [-0.4, -0.2) is 44.8 Å². The summed E-state index contributed by atoms with van der Waals surface area (Å²) in [6.07, 6.45) is 0. The highest BCUT2D eigenvalue weighted by molar-refractivity contribution is 7.10. The van der Waals surface area contributed by atoms with Gasteiger partial charge in [0.2, 0.25) is 12.7 Å². The molecule has 170 valence electrons. The van der Waals surface area contributed by atoms with Crippen LogP contribution in [0.25, 0.3) is 0 Å². The largest absolute Gasteiger partial charge is 0.493 e. The Morgan fingerprint density at radius 3 is 2.58 bits per heavy atom. The van der Waals surface area contributed by atoms with Crippen molar-refractivity contribution in [1.82, 2.24) is 4.90 Å². The van der Waals surface area contributed by atoms with Crippen molar-refractivity contribution in [2.24, 2.45) is 0 Å². The van der Waals surface area contributed by atoms with E-state index in [1.807, 2.05) is 17.5 Å². The summed E-state index contributed by atoms with van der Waals surface area (Å²) in [4.78, 5) is 29.6. The van der Waals surface area contributed by atoms with Crippen LogP contribution >= 0.6 is 11.3 Å². The van der Waals surface area contributed by atoms with Gasteiger partial charge in [-0.1, -0.05) is 6.07 Å². The van der Waals surface area contributed by atoms with E-state index in [0.717, 1.165) is 4.88 Å². The van der Waals surface area contributed by atoms with Crippen LogP contribution < -0.4 is 24.3 Å². The first-order valence-corrected chi connectivity index (χ1v) is 11.2. The quantitative estimate of drug-likeness (QED) is 0.611. The lowest BCUT2D eigenvalue weighted by Gasteiger charge is -2.39. The fourth-order valence-electron chi connectivity index (χ4n) is 4.34. The molecule has 33 heavy (non-hydrogen) atoms. The molecule has 0 unspecified atom stereocenters. The van der Waals surface area contributed by atoms with Gasteiger partial charge in [-0.2, -0.15) is 0 Å². The van der Waals surface area contributed by atoms with Crippen molar-refractivity contribution in [3.05, 3.63) is 63.8 Å². The van der Waals surface area contributed by atoms with Gasteiger partial charge >= 0.3 is 0 Å². The average molecular weight is 467 g/mol. The number of benzene rings is 2. The van der Waals surface area contributed by atoms with Crippen LogP contribution in [0.1, 0.15) is 32.8 Å². The first-order valence-electron chi connectivity index (χ1n) is 10.3. The SMILES string of the molecule is COc1cc2c(cc1OC)[C@@H](C(=O)Nc1ccc3c(c1)OCO3)[C@@H](c1cccs1)N(C)C2=O. The summed E-state index contributed by atoms with van der Waals surface area (Å²) in [5.41, 5.74) is 1.58. The zero-order chi connectivity index (χ0) is 23.1. The number of carbonyl (C=O) groups excluding carboxylic acids is 2. The number of hydrogen-bond acceptors (Lipinski definition) is 7. The van der Waals surface area contributed by atoms with Gasteiger partial charge in [0.15, 0.2) is 23.0 Å². The minimum absolute atomic E-state index is 0.151. The number of carbonyl (C=O) groups is 2. The molecule has 1 aromatic heterocycles. The zero-order valence-corrected chi connectivity index (χ0v) is 19.1. The first-order chi connectivity index (χ1) is 16.0. The van der Waals surface area contributed by atoms with Crippen LogP contribution in [-0.2, 0) is 4.79 Å². The van der Waals surface area contributed by atoms with E-state index in [9.17, 15) is 9.59 Å². The highest BCUT2D eigenvalue weighted by Gasteiger charge is 2.44. The van der Waals surface area contributed by atoms with Crippen LogP contribution in [0, 0.1) is 0 Å². The summed E-state index contributed by atoms with van der Waals surface area (Å²) in [7, 11) is 4.76. The molecule has 0 radical (unpaired) electrons. The standard InChI is InChI=1S/C24H22N2O6S/c1-26-22(20-5-4-8-33-20)21(14-10-17(29-2)18(30-3)11-15(14)24(26)28)23(27)25-13-6-7-16-19(9-13)32-12-31-16/h4-11,21-22H,12H2,1-3H3,(H,25,27)/t21-,22-/m1/s1. The molecule has 5 rings (SSSR count). The van der Waals surface area contributed by atoms with Gasteiger partial charge in [0.1, 0.15) is 0 Å². The summed E-state index contributed by atoms with van der Waals surface area (Å²) >= 11 is 1.50. The number of methoxy groups -OCH3 is 2. The smallest absolute Gasteiger partial charge is 0.254 e. The van der Waals surface area contributed by atoms with Gasteiger partial charge in [-0.3, -0.25) is 9.59 Å². The molecule has 1 N–H and O–H groups in total. The number of ether oxygens (including phenoxy) is 4. The molecule has 8 nitrogen and oxygen atoms in total. The Kier molecular flexibility index (Phi) is 5.33. The highest BCUT2D eigenvalue weighted by atomic mass is 32.1. The second-order valence-electron chi connectivity index (χ2n) is 7.71. The molecule has 0 fully saturated rings. The lowest BCUT2D eigenvalue weighted by Crippen LogP contribution is -2.43. The van der Waals surface area contributed by atoms with Gasteiger partial charge in [0, 0.05) is 29.2 Å². The van der Waals surface area contributed by atoms with Gasteiger partial charge in [-0.05, 0) is 41.3 Å². The lowest BCUT2D eigenvalue weighted by atomic mass is 9.81. The number of likely N-dealkylation sites (N-methyl/N-ethyl adjacent to an activating group) is 1. The molecular weight excluding hydrogens is 444 g/mol. The van der Waals surface area contributed by atoms with Crippen molar-refractivity contribution >= 4 is 28.8 Å². The van der Waals surface area contributed by atoms with E-state index in [-0.39, 0.29) is 18.6 Å². The number of thiophene rings is 1. The molecular formula is C24H22N2O6S. The zero-order valence-electron chi connectivity index (χ0n) is 18.3. The first kappa shape index (κ1) is 21.1. The molecule has 9 heteroatoms. The maximum Gasteiger partial charge on any atom is 0.254 e. The molecule has 3 heterocycles. The minimum Gasteiger partial charge on any atom is -0.493 e. The average Bonchev–Trinajstić information content (AvgIpc) is 3.52. The van der Waals surface area contributed by atoms with Gasteiger partial charge in [-0.15, -0.1) is 11.3 Å². The van der Waals surface area contributed by atoms with E-state index < -0.39 is 12.0 Å². The third kappa shape index (κ3) is 3.54. The topological polar surface area (TPSA) is 86.3 Å². The van der Waals surface area contributed by atoms with E-state index in [0.29, 0.717) is 39.8 Å². The van der Waals surface area contributed by atoms with Crippen LogP contribution in [0.5, 0.6) is 23.0 Å². The number of fused-ring (bicyclic) bond motifs is 2. The number of nitrogens with zero attached hydrogens (tertiary/aromatic N) is 1. The molecule has 2 aromatic carbocycles. The molecule has 2 atom stereocenters. The minimum atomic E-state index is -0.674.